The highest BCUT2D eigenvalue weighted by atomic mass is 16.6. The topological polar surface area (TPSA) is 114 Å². The molecule has 2 fully saturated rings. The predicted molar refractivity (Wildman–Crippen MR) is 132 cm³/mol. The summed E-state index contributed by atoms with van der Waals surface area (Å²) in [5, 5.41) is 2.69. The highest BCUT2D eigenvalue weighted by Crippen LogP contribution is 2.26. The lowest BCUT2D eigenvalue weighted by Crippen LogP contribution is -2.46. The van der Waals surface area contributed by atoms with Crippen molar-refractivity contribution in [1.82, 2.24) is 10.2 Å². The van der Waals surface area contributed by atoms with Gasteiger partial charge in [0.25, 0.3) is 5.91 Å². The molecular formula is C26H37N3O7. The van der Waals surface area contributed by atoms with Crippen molar-refractivity contribution < 1.29 is 33.4 Å². The standard InChI is InChI=1S/C26H37N3O7/c1-25(2,3)35-22(31)18-11-13-28(14-12-18)21(30)20-16-29(24(33)34-20)19-9-7-17(8-10-19)15-27-23(32)36-26(4,5)6/h7-10,18,20H,11-16H2,1-6H3,(H,27,32). The molecule has 2 saturated heterocycles. The molecule has 0 spiro atoms. The van der Waals surface area contributed by atoms with Gasteiger partial charge in [-0.3, -0.25) is 14.5 Å². The summed E-state index contributed by atoms with van der Waals surface area (Å²) in [5.74, 6) is -0.733. The van der Waals surface area contributed by atoms with Gasteiger partial charge in [-0.2, -0.15) is 0 Å². The third-order valence-corrected chi connectivity index (χ3v) is 5.72. The Labute approximate surface area is 212 Å². The van der Waals surface area contributed by atoms with E-state index in [9.17, 15) is 19.2 Å². The van der Waals surface area contributed by atoms with Crippen LogP contribution < -0.4 is 10.2 Å². The number of nitrogens with one attached hydrogen (secondary N) is 1. The highest BCUT2D eigenvalue weighted by molar-refractivity contribution is 5.95. The zero-order valence-corrected chi connectivity index (χ0v) is 22.0. The average Bonchev–Trinajstić information content (AvgIpc) is 3.17. The monoisotopic (exact) mass is 503 g/mol. The molecule has 2 aliphatic rings. The molecule has 0 saturated carbocycles. The van der Waals surface area contributed by atoms with Crippen molar-refractivity contribution in [2.45, 2.75) is 78.2 Å². The number of cyclic esters (lactones) is 1. The van der Waals surface area contributed by atoms with Crippen molar-refractivity contribution in [3.63, 3.8) is 0 Å². The number of rotatable bonds is 5. The molecule has 2 aliphatic heterocycles. The van der Waals surface area contributed by atoms with Crippen LogP contribution in [0.4, 0.5) is 15.3 Å². The first kappa shape index (κ1) is 27.3. The Kier molecular flexibility index (Phi) is 8.15. The van der Waals surface area contributed by atoms with Crippen molar-refractivity contribution in [2.75, 3.05) is 24.5 Å². The minimum atomic E-state index is -0.899. The number of carbonyl (C=O) groups is 4. The third kappa shape index (κ3) is 7.60. The van der Waals surface area contributed by atoms with E-state index in [-0.39, 0.29) is 30.9 Å². The van der Waals surface area contributed by atoms with Gasteiger partial charge in [-0.05, 0) is 72.1 Å². The molecule has 0 aliphatic carbocycles. The van der Waals surface area contributed by atoms with Gasteiger partial charge < -0.3 is 24.4 Å². The van der Waals surface area contributed by atoms with Crippen LogP contribution in [-0.4, -0.2) is 65.9 Å². The van der Waals surface area contributed by atoms with Gasteiger partial charge in [-0.25, -0.2) is 9.59 Å². The van der Waals surface area contributed by atoms with E-state index in [0.29, 0.717) is 31.6 Å². The quantitative estimate of drug-likeness (QED) is 0.482. The summed E-state index contributed by atoms with van der Waals surface area (Å²) in [7, 11) is 0. The van der Waals surface area contributed by atoms with E-state index in [1.165, 1.54) is 4.90 Å². The van der Waals surface area contributed by atoms with Crippen LogP contribution in [0, 0.1) is 5.92 Å². The number of anilines is 1. The van der Waals surface area contributed by atoms with E-state index < -0.39 is 29.5 Å². The maximum atomic E-state index is 13.0. The second kappa shape index (κ2) is 10.8. The van der Waals surface area contributed by atoms with Gasteiger partial charge in [0.1, 0.15) is 11.2 Å². The van der Waals surface area contributed by atoms with Crippen LogP contribution in [-0.2, 0) is 30.3 Å². The van der Waals surface area contributed by atoms with Crippen LogP contribution in [0.5, 0.6) is 0 Å². The fraction of sp³-hybridized carbons (Fsp3) is 0.615. The summed E-state index contributed by atoms with van der Waals surface area (Å²) in [5.41, 5.74) is 0.308. The Hall–Kier alpha value is -3.30. The second-order valence-electron chi connectivity index (χ2n) is 11.1. The molecule has 1 N–H and O–H groups in total. The largest absolute Gasteiger partial charge is 0.460 e. The molecule has 1 aromatic rings. The highest BCUT2D eigenvalue weighted by Gasteiger charge is 2.40. The number of nitrogens with zero attached hydrogens (tertiary/aromatic N) is 2. The number of ether oxygens (including phenoxy) is 3. The normalized spacial score (nSPS) is 19.1. The summed E-state index contributed by atoms with van der Waals surface area (Å²) in [6.07, 6.45) is -0.958. The van der Waals surface area contributed by atoms with Gasteiger partial charge >= 0.3 is 18.2 Å². The lowest BCUT2D eigenvalue weighted by molar-refractivity contribution is -0.163. The number of piperidine rings is 1. The van der Waals surface area contributed by atoms with E-state index in [1.54, 1.807) is 49.9 Å². The van der Waals surface area contributed by atoms with E-state index in [4.69, 9.17) is 14.2 Å². The molecule has 0 aromatic heterocycles. The van der Waals surface area contributed by atoms with Gasteiger partial charge in [-0.1, -0.05) is 12.1 Å². The van der Waals surface area contributed by atoms with Crippen LogP contribution in [0.1, 0.15) is 59.9 Å². The van der Waals surface area contributed by atoms with Crippen molar-refractivity contribution in [1.29, 1.82) is 0 Å². The molecular weight excluding hydrogens is 466 g/mol. The van der Waals surface area contributed by atoms with Crippen molar-refractivity contribution in [2.24, 2.45) is 5.92 Å². The number of benzene rings is 1. The van der Waals surface area contributed by atoms with E-state index in [0.717, 1.165) is 5.56 Å². The van der Waals surface area contributed by atoms with Crippen molar-refractivity contribution in [3.05, 3.63) is 29.8 Å². The number of alkyl carbamates (subject to hydrolysis) is 1. The molecule has 198 valence electrons. The first-order valence-corrected chi connectivity index (χ1v) is 12.3. The lowest BCUT2D eigenvalue weighted by Gasteiger charge is -2.33. The second-order valence-corrected chi connectivity index (χ2v) is 11.1. The summed E-state index contributed by atoms with van der Waals surface area (Å²) in [4.78, 5) is 52.7. The zero-order valence-electron chi connectivity index (χ0n) is 22.0. The molecule has 3 rings (SSSR count). The number of carbonyl (C=O) groups excluding carboxylic acids is 4. The fourth-order valence-corrected chi connectivity index (χ4v) is 4.01. The zero-order chi connectivity index (χ0) is 26.7. The van der Waals surface area contributed by atoms with Gasteiger partial charge in [0.15, 0.2) is 6.10 Å². The van der Waals surface area contributed by atoms with Gasteiger partial charge in [0.2, 0.25) is 0 Å². The molecule has 2 heterocycles. The Bertz CT molecular complexity index is 971. The molecule has 1 aromatic carbocycles. The molecule has 0 radical (unpaired) electrons. The number of hydrogen-bond donors (Lipinski definition) is 1. The van der Waals surface area contributed by atoms with Gasteiger partial charge in [0.05, 0.1) is 12.5 Å². The smallest absolute Gasteiger partial charge is 0.415 e. The molecule has 1 atom stereocenters. The summed E-state index contributed by atoms with van der Waals surface area (Å²) >= 11 is 0. The Morgan fingerprint density at radius 2 is 1.56 bits per heavy atom. The van der Waals surface area contributed by atoms with Crippen LogP contribution in [0.3, 0.4) is 0 Å². The average molecular weight is 504 g/mol. The third-order valence-electron chi connectivity index (χ3n) is 5.72. The molecule has 36 heavy (non-hydrogen) atoms. The summed E-state index contributed by atoms with van der Waals surface area (Å²) < 4.78 is 16.0. The first-order valence-electron chi connectivity index (χ1n) is 12.3. The number of likely N-dealkylation sites (tertiary alicyclic amines) is 1. The number of esters is 1. The number of hydrogen-bond acceptors (Lipinski definition) is 7. The van der Waals surface area contributed by atoms with Crippen LogP contribution >= 0.6 is 0 Å². The maximum Gasteiger partial charge on any atom is 0.415 e. The van der Waals surface area contributed by atoms with E-state index >= 15 is 0 Å². The number of amides is 3. The molecule has 1 unspecified atom stereocenters. The first-order chi connectivity index (χ1) is 16.7. The van der Waals surface area contributed by atoms with Gasteiger partial charge in [-0.15, -0.1) is 0 Å². The Morgan fingerprint density at radius 3 is 2.11 bits per heavy atom. The maximum absolute atomic E-state index is 13.0. The van der Waals surface area contributed by atoms with Gasteiger partial charge in [0, 0.05) is 25.3 Å². The minimum Gasteiger partial charge on any atom is -0.460 e. The summed E-state index contributed by atoms with van der Waals surface area (Å²) in [6, 6.07) is 7.06. The summed E-state index contributed by atoms with van der Waals surface area (Å²) in [6.45, 7) is 12.1. The molecule has 0 bridgehead atoms. The SMILES string of the molecule is CC(C)(C)OC(=O)NCc1ccc(N2CC(C(=O)N3CCC(C(=O)OC(C)(C)C)CC3)OC2=O)cc1. The Morgan fingerprint density at radius 1 is 0.972 bits per heavy atom. The predicted octanol–water partition coefficient (Wildman–Crippen LogP) is 3.62. The van der Waals surface area contributed by atoms with E-state index in [2.05, 4.69) is 5.32 Å². The van der Waals surface area contributed by atoms with Crippen molar-refractivity contribution in [3.8, 4) is 0 Å². The Balaban J connectivity index is 1.50. The van der Waals surface area contributed by atoms with Crippen molar-refractivity contribution >= 4 is 29.8 Å². The van der Waals surface area contributed by atoms with Crippen LogP contribution in [0.2, 0.25) is 0 Å². The molecule has 3 amide bonds. The van der Waals surface area contributed by atoms with Crippen LogP contribution in [0.25, 0.3) is 0 Å². The van der Waals surface area contributed by atoms with Crippen LogP contribution in [0.15, 0.2) is 24.3 Å². The molecule has 10 nitrogen and oxygen atoms in total. The fourth-order valence-electron chi connectivity index (χ4n) is 4.01. The minimum absolute atomic E-state index is 0.110. The van der Waals surface area contributed by atoms with E-state index in [1.807, 2.05) is 20.8 Å². The molecule has 10 heteroatoms. The lowest BCUT2D eigenvalue weighted by atomic mass is 9.96.